The zero-order valence-electron chi connectivity index (χ0n) is 18.7. The molecule has 1 saturated heterocycles. The van der Waals surface area contributed by atoms with Crippen molar-refractivity contribution in [2.75, 3.05) is 11.4 Å². The Kier molecular flexibility index (Phi) is 4.85. The molecule has 3 aromatic carbocycles. The van der Waals surface area contributed by atoms with Crippen molar-refractivity contribution in [3.8, 4) is 0 Å². The van der Waals surface area contributed by atoms with E-state index in [2.05, 4.69) is 47.1 Å². The summed E-state index contributed by atoms with van der Waals surface area (Å²) < 4.78 is 13.4. The van der Waals surface area contributed by atoms with Gasteiger partial charge in [0.25, 0.3) is 5.91 Å². The lowest BCUT2D eigenvalue weighted by Gasteiger charge is -2.40. The predicted molar refractivity (Wildman–Crippen MR) is 129 cm³/mol. The lowest BCUT2D eigenvalue weighted by Crippen LogP contribution is -2.47. The number of nitrogens with one attached hydrogen (secondary N) is 1. The van der Waals surface area contributed by atoms with Crippen LogP contribution in [0.5, 0.6) is 0 Å². The van der Waals surface area contributed by atoms with Crippen molar-refractivity contribution in [1.82, 2.24) is 9.88 Å². The fourth-order valence-electron chi connectivity index (χ4n) is 5.61. The number of halogens is 1. The lowest BCUT2D eigenvalue weighted by molar-refractivity contribution is -0.123. The van der Waals surface area contributed by atoms with Crippen LogP contribution in [0.2, 0.25) is 0 Å². The summed E-state index contributed by atoms with van der Waals surface area (Å²) in [7, 11) is 0. The van der Waals surface area contributed by atoms with Crippen molar-refractivity contribution in [2.24, 2.45) is 0 Å². The van der Waals surface area contributed by atoms with E-state index in [1.54, 1.807) is 0 Å². The average molecular weight is 454 g/mol. The Morgan fingerprint density at radius 3 is 2.38 bits per heavy atom. The van der Waals surface area contributed by atoms with Gasteiger partial charge < -0.3 is 4.98 Å². The minimum Gasteiger partial charge on any atom is -0.357 e. The maximum Gasteiger partial charge on any atom is 0.251 e. The molecule has 5 nitrogen and oxygen atoms in total. The fourth-order valence-corrected chi connectivity index (χ4v) is 5.61. The number of hydrogen-bond donors (Lipinski definition) is 1. The molecular weight excluding hydrogens is 429 g/mol. The maximum atomic E-state index is 13.5. The van der Waals surface area contributed by atoms with Crippen molar-refractivity contribution >= 4 is 28.4 Å². The number of aromatic amines is 1. The molecule has 3 atom stereocenters. The maximum absolute atomic E-state index is 13.5. The third-order valence-corrected chi connectivity index (χ3v) is 7.24. The van der Waals surface area contributed by atoms with Gasteiger partial charge in [0.15, 0.2) is 0 Å². The minimum atomic E-state index is -0.571. The second-order valence-electron chi connectivity index (χ2n) is 9.10. The summed E-state index contributed by atoms with van der Waals surface area (Å²) in [5, 5.41) is 1.19. The SMILES string of the molecule is CC1c2[nH]c3ccccc3c2C(c2ccccc2)CN1C1CC(=O)N(c2ccc(F)cc2)C1=O. The summed E-state index contributed by atoms with van der Waals surface area (Å²) in [6.45, 7) is 2.72. The summed E-state index contributed by atoms with van der Waals surface area (Å²) in [5.41, 5.74) is 5.01. The van der Waals surface area contributed by atoms with E-state index in [0.29, 0.717) is 12.2 Å². The summed E-state index contributed by atoms with van der Waals surface area (Å²) in [4.78, 5) is 33.4. The second-order valence-corrected chi connectivity index (χ2v) is 9.10. The molecule has 6 heteroatoms. The van der Waals surface area contributed by atoms with Crippen molar-refractivity contribution in [3.63, 3.8) is 0 Å². The quantitative estimate of drug-likeness (QED) is 0.437. The van der Waals surface area contributed by atoms with Crippen LogP contribution in [-0.4, -0.2) is 34.3 Å². The first-order chi connectivity index (χ1) is 16.5. The predicted octanol–water partition coefficient (Wildman–Crippen LogP) is 5.15. The number of hydrogen-bond acceptors (Lipinski definition) is 3. The molecular formula is C28H24FN3O2. The molecule has 0 aliphatic carbocycles. The number of imide groups is 1. The molecule has 170 valence electrons. The van der Waals surface area contributed by atoms with Crippen LogP contribution in [0.4, 0.5) is 10.1 Å². The number of benzene rings is 3. The molecule has 2 aliphatic heterocycles. The van der Waals surface area contributed by atoms with E-state index in [4.69, 9.17) is 0 Å². The highest BCUT2D eigenvalue weighted by atomic mass is 19.1. The summed E-state index contributed by atoms with van der Waals surface area (Å²) in [6.07, 6.45) is 0.109. The normalized spacial score (nSPS) is 23.0. The van der Waals surface area contributed by atoms with Crippen LogP contribution in [0.15, 0.2) is 78.9 Å². The van der Waals surface area contributed by atoms with Crippen molar-refractivity contribution in [1.29, 1.82) is 0 Å². The van der Waals surface area contributed by atoms with Gasteiger partial charge >= 0.3 is 0 Å². The minimum absolute atomic E-state index is 0.0614. The average Bonchev–Trinajstić information content (AvgIpc) is 3.38. The number of para-hydroxylation sites is 1. The Morgan fingerprint density at radius 2 is 1.62 bits per heavy atom. The highest BCUT2D eigenvalue weighted by Crippen LogP contribution is 2.45. The second kappa shape index (κ2) is 7.92. The molecule has 0 saturated carbocycles. The Labute approximate surface area is 196 Å². The Morgan fingerprint density at radius 1 is 0.912 bits per heavy atom. The van der Waals surface area contributed by atoms with Crippen LogP contribution >= 0.6 is 0 Å². The highest BCUT2D eigenvalue weighted by molar-refractivity contribution is 6.22. The Balaban J connectivity index is 1.42. The zero-order chi connectivity index (χ0) is 23.4. The number of aromatic nitrogens is 1. The van der Waals surface area contributed by atoms with Crippen LogP contribution in [0.3, 0.4) is 0 Å². The number of anilines is 1. The number of carbonyl (C=O) groups excluding carboxylic acids is 2. The van der Waals surface area contributed by atoms with E-state index >= 15 is 0 Å². The standard InChI is InChI=1S/C28H24FN3O2/c1-17-27-26(21-9-5-6-10-23(21)30-27)22(18-7-3-2-4-8-18)16-31(17)24-15-25(33)32(28(24)34)20-13-11-19(29)12-14-20/h2-14,17,22,24,30H,15-16H2,1H3. The van der Waals surface area contributed by atoms with E-state index in [1.165, 1.54) is 45.7 Å². The first-order valence-corrected chi connectivity index (χ1v) is 11.6. The molecule has 0 bridgehead atoms. The van der Waals surface area contributed by atoms with E-state index in [9.17, 15) is 14.0 Å². The Hall–Kier alpha value is -3.77. The number of amides is 2. The molecule has 6 rings (SSSR count). The fraction of sp³-hybridized carbons (Fsp3) is 0.214. The van der Waals surface area contributed by atoms with Crippen molar-refractivity contribution < 1.29 is 14.0 Å². The molecule has 0 radical (unpaired) electrons. The summed E-state index contributed by atoms with van der Waals surface area (Å²) >= 11 is 0. The number of H-pyrrole nitrogens is 1. The molecule has 1 N–H and O–H groups in total. The van der Waals surface area contributed by atoms with Gasteiger partial charge in [-0.3, -0.25) is 14.5 Å². The zero-order valence-corrected chi connectivity index (χ0v) is 18.7. The monoisotopic (exact) mass is 453 g/mol. The van der Waals surface area contributed by atoms with Gasteiger partial charge in [0.2, 0.25) is 5.91 Å². The Bertz CT molecular complexity index is 1400. The summed E-state index contributed by atoms with van der Waals surface area (Å²) in [5.74, 6) is -0.852. The summed E-state index contributed by atoms with van der Waals surface area (Å²) in [6, 6.07) is 23.5. The van der Waals surface area contributed by atoms with Crippen LogP contribution < -0.4 is 4.90 Å². The third kappa shape index (κ3) is 3.17. The van der Waals surface area contributed by atoms with Gasteiger partial charge in [-0.15, -0.1) is 0 Å². The molecule has 3 heterocycles. The topological polar surface area (TPSA) is 56.4 Å². The van der Waals surface area contributed by atoms with Gasteiger partial charge in [-0.05, 0) is 48.4 Å². The van der Waals surface area contributed by atoms with Gasteiger partial charge in [0.1, 0.15) is 5.82 Å². The highest BCUT2D eigenvalue weighted by Gasteiger charge is 2.47. The number of rotatable bonds is 3. The van der Waals surface area contributed by atoms with Crippen LogP contribution in [0, 0.1) is 5.82 Å². The van der Waals surface area contributed by atoms with Gasteiger partial charge in [-0.2, -0.15) is 0 Å². The van der Waals surface area contributed by atoms with Gasteiger partial charge in [0, 0.05) is 35.1 Å². The van der Waals surface area contributed by atoms with Gasteiger partial charge in [-0.1, -0.05) is 48.5 Å². The molecule has 34 heavy (non-hydrogen) atoms. The molecule has 0 spiro atoms. The number of nitrogens with zero attached hydrogens (tertiary/aromatic N) is 2. The molecule has 3 unspecified atom stereocenters. The largest absolute Gasteiger partial charge is 0.357 e. The van der Waals surface area contributed by atoms with E-state index in [1.807, 2.05) is 24.3 Å². The lowest BCUT2D eigenvalue weighted by atomic mass is 9.83. The third-order valence-electron chi connectivity index (χ3n) is 7.24. The molecule has 2 aliphatic rings. The number of carbonyl (C=O) groups is 2. The van der Waals surface area contributed by atoms with E-state index < -0.39 is 11.9 Å². The molecule has 1 aromatic heterocycles. The van der Waals surface area contributed by atoms with E-state index in [-0.39, 0.29) is 30.2 Å². The van der Waals surface area contributed by atoms with Gasteiger partial charge in [-0.25, -0.2) is 9.29 Å². The van der Waals surface area contributed by atoms with E-state index in [0.717, 1.165) is 11.2 Å². The van der Waals surface area contributed by atoms with Gasteiger partial charge in [0.05, 0.1) is 18.2 Å². The van der Waals surface area contributed by atoms with Crippen LogP contribution in [-0.2, 0) is 9.59 Å². The molecule has 2 amide bonds. The van der Waals surface area contributed by atoms with Crippen molar-refractivity contribution in [2.45, 2.75) is 31.3 Å². The molecule has 1 fully saturated rings. The van der Waals surface area contributed by atoms with Crippen LogP contribution in [0.25, 0.3) is 10.9 Å². The van der Waals surface area contributed by atoms with Crippen LogP contribution in [0.1, 0.15) is 42.1 Å². The number of fused-ring (bicyclic) bond motifs is 3. The smallest absolute Gasteiger partial charge is 0.251 e. The van der Waals surface area contributed by atoms with Crippen molar-refractivity contribution in [3.05, 3.63) is 102 Å². The first-order valence-electron chi connectivity index (χ1n) is 11.6. The first kappa shape index (κ1) is 20.8. The molecule has 4 aromatic rings.